The van der Waals surface area contributed by atoms with E-state index in [0.717, 1.165) is 16.7 Å². The number of rotatable bonds is 6. The predicted molar refractivity (Wildman–Crippen MR) is 112 cm³/mol. The van der Waals surface area contributed by atoms with E-state index in [2.05, 4.69) is 20.4 Å². The maximum absolute atomic E-state index is 6.24. The first-order valence-electron chi connectivity index (χ1n) is 9.09. The average molecular weight is 407 g/mol. The SMILES string of the molecule is CNc1ncccc1-c1noc(C(Oc2cccc(C)c2)c2cccc(Cl)c2)n1. The molecule has 1 N–H and O–H groups in total. The molecule has 4 aromatic rings. The van der Waals surface area contributed by atoms with Crippen LogP contribution in [0, 0.1) is 6.92 Å². The summed E-state index contributed by atoms with van der Waals surface area (Å²) in [4.78, 5) is 8.88. The largest absolute Gasteiger partial charge is 0.476 e. The Bertz CT molecular complexity index is 1130. The van der Waals surface area contributed by atoms with Crippen molar-refractivity contribution in [2.45, 2.75) is 13.0 Å². The van der Waals surface area contributed by atoms with Crippen LogP contribution in [0.3, 0.4) is 0 Å². The second-order valence-corrected chi connectivity index (χ2v) is 6.91. The zero-order chi connectivity index (χ0) is 20.2. The van der Waals surface area contributed by atoms with Crippen molar-refractivity contribution in [2.24, 2.45) is 0 Å². The van der Waals surface area contributed by atoms with Crippen molar-refractivity contribution in [2.75, 3.05) is 12.4 Å². The van der Waals surface area contributed by atoms with E-state index in [1.807, 2.05) is 67.6 Å². The molecule has 0 saturated heterocycles. The molecule has 4 rings (SSSR count). The fraction of sp³-hybridized carbons (Fsp3) is 0.136. The zero-order valence-corrected chi connectivity index (χ0v) is 16.7. The number of halogens is 1. The lowest BCUT2D eigenvalue weighted by Crippen LogP contribution is -2.10. The van der Waals surface area contributed by atoms with Crippen molar-refractivity contribution in [3.63, 3.8) is 0 Å². The van der Waals surface area contributed by atoms with Crippen molar-refractivity contribution >= 4 is 17.4 Å². The normalized spacial score (nSPS) is 11.8. The van der Waals surface area contributed by atoms with E-state index < -0.39 is 6.10 Å². The lowest BCUT2D eigenvalue weighted by molar-refractivity contribution is 0.193. The second-order valence-electron chi connectivity index (χ2n) is 6.48. The van der Waals surface area contributed by atoms with E-state index in [9.17, 15) is 0 Å². The van der Waals surface area contributed by atoms with Crippen LogP contribution in [0.1, 0.15) is 23.1 Å². The van der Waals surface area contributed by atoms with Crippen LogP contribution >= 0.6 is 11.6 Å². The Balaban J connectivity index is 1.74. The molecule has 0 amide bonds. The fourth-order valence-electron chi connectivity index (χ4n) is 2.99. The standard InChI is InChI=1S/C22H19ClN4O2/c1-14-6-3-9-17(12-14)28-19(15-7-4-8-16(23)13-15)22-26-21(27-29-22)18-10-5-11-25-20(18)24-2/h3-13,19H,1-2H3,(H,24,25). The molecule has 1 unspecified atom stereocenters. The molecule has 0 aliphatic heterocycles. The minimum atomic E-state index is -0.605. The Morgan fingerprint density at radius 2 is 1.93 bits per heavy atom. The maximum atomic E-state index is 6.24. The zero-order valence-electron chi connectivity index (χ0n) is 16.0. The fourth-order valence-corrected chi connectivity index (χ4v) is 3.19. The molecule has 0 aliphatic rings. The summed E-state index contributed by atoms with van der Waals surface area (Å²) < 4.78 is 11.8. The Hall–Kier alpha value is -3.38. The number of aromatic nitrogens is 3. The summed E-state index contributed by atoms with van der Waals surface area (Å²) >= 11 is 6.21. The Morgan fingerprint density at radius 1 is 1.07 bits per heavy atom. The van der Waals surface area contributed by atoms with E-state index >= 15 is 0 Å². The molecule has 0 radical (unpaired) electrons. The monoisotopic (exact) mass is 406 g/mol. The first-order chi connectivity index (χ1) is 14.1. The van der Waals surface area contributed by atoms with Gasteiger partial charge in [0.05, 0.1) is 5.56 Å². The summed E-state index contributed by atoms with van der Waals surface area (Å²) in [5, 5.41) is 7.78. The highest BCUT2D eigenvalue weighted by molar-refractivity contribution is 6.30. The van der Waals surface area contributed by atoms with Crippen LogP contribution < -0.4 is 10.1 Å². The number of nitrogens with zero attached hydrogens (tertiary/aromatic N) is 3. The van der Waals surface area contributed by atoms with Crippen LogP contribution in [0.2, 0.25) is 5.02 Å². The molecule has 0 spiro atoms. The number of aryl methyl sites for hydroxylation is 1. The number of nitrogens with one attached hydrogen (secondary N) is 1. The molecule has 0 aliphatic carbocycles. The summed E-state index contributed by atoms with van der Waals surface area (Å²) in [6, 6.07) is 18.9. The quantitative estimate of drug-likeness (QED) is 0.468. The number of pyridine rings is 1. The Morgan fingerprint density at radius 3 is 2.72 bits per heavy atom. The topological polar surface area (TPSA) is 73.1 Å². The van der Waals surface area contributed by atoms with Gasteiger partial charge >= 0.3 is 0 Å². The molecule has 146 valence electrons. The average Bonchev–Trinajstić information content (AvgIpc) is 3.22. The molecule has 2 aromatic carbocycles. The molecule has 29 heavy (non-hydrogen) atoms. The molecule has 2 heterocycles. The molecule has 1 atom stereocenters. The van der Waals surface area contributed by atoms with Gasteiger partial charge in [0.25, 0.3) is 5.89 Å². The number of anilines is 1. The van der Waals surface area contributed by atoms with E-state index in [-0.39, 0.29) is 0 Å². The van der Waals surface area contributed by atoms with E-state index in [1.165, 1.54) is 0 Å². The summed E-state index contributed by atoms with van der Waals surface area (Å²) in [5.41, 5.74) is 2.65. The van der Waals surface area contributed by atoms with Crippen molar-refractivity contribution < 1.29 is 9.26 Å². The highest BCUT2D eigenvalue weighted by Gasteiger charge is 2.25. The number of hydrogen-bond acceptors (Lipinski definition) is 6. The lowest BCUT2D eigenvalue weighted by atomic mass is 10.1. The molecular formula is C22H19ClN4O2. The van der Waals surface area contributed by atoms with Crippen LogP contribution in [-0.2, 0) is 0 Å². The summed E-state index contributed by atoms with van der Waals surface area (Å²) in [6.45, 7) is 2.01. The van der Waals surface area contributed by atoms with Gasteiger partial charge in [0.2, 0.25) is 11.9 Å². The maximum Gasteiger partial charge on any atom is 0.272 e. The second kappa shape index (κ2) is 8.32. The highest BCUT2D eigenvalue weighted by atomic mass is 35.5. The molecule has 0 bridgehead atoms. The molecule has 0 saturated carbocycles. The van der Waals surface area contributed by atoms with Gasteiger partial charge in [0.15, 0.2) is 0 Å². The van der Waals surface area contributed by atoms with Crippen molar-refractivity contribution in [1.29, 1.82) is 0 Å². The third kappa shape index (κ3) is 4.22. The van der Waals surface area contributed by atoms with Crippen molar-refractivity contribution in [3.05, 3.63) is 88.9 Å². The molecule has 2 aromatic heterocycles. The van der Waals surface area contributed by atoms with Crippen LogP contribution in [-0.4, -0.2) is 22.2 Å². The number of ether oxygens (including phenoxy) is 1. The van der Waals surface area contributed by atoms with Crippen molar-refractivity contribution in [3.8, 4) is 17.1 Å². The highest BCUT2D eigenvalue weighted by Crippen LogP contribution is 2.31. The number of benzene rings is 2. The molecular weight excluding hydrogens is 388 g/mol. The van der Waals surface area contributed by atoms with Crippen molar-refractivity contribution in [1.82, 2.24) is 15.1 Å². The van der Waals surface area contributed by atoms with Gasteiger partial charge in [0, 0.05) is 23.8 Å². The summed E-state index contributed by atoms with van der Waals surface area (Å²) in [7, 11) is 1.79. The van der Waals surface area contributed by atoms with Crippen LogP contribution in [0.4, 0.5) is 5.82 Å². The van der Waals surface area contributed by atoms with Gasteiger partial charge in [-0.05, 0) is 48.9 Å². The van der Waals surface area contributed by atoms with Gasteiger partial charge in [-0.25, -0.2) is 4.98 Å². The molecule has 6 nitrogen and oxygen atoms in total. The van der Waals surface area contributed by atoms with Gasteiger partial charge in [-0.1, -0.05) is 41.0 Å². The third-order valence-corrected chi connectivity index (χ3v) is 4.58. The number of hydrogen-bond donors (Lipinski definition) is 1. The molecule has 7 heteroatoms. The molecule has 0 fully saturated rings. The van der Waals surface area contributed by atoms with E-state index in [1.54, 1.807) is 13.2 Å². The lowest BCUT2D eigenvalue weighted by Gasteiger charge is -2.16. The van der Waals surface area contributed by atoms with Crippen LogP contribution in [0.25, 0.3) is 11.4 Å². The Kier molecular flexibility index (Phi) is 5.44. The first-order valence-corrected chi connectivity index (χ1v) is 9.47. The van der Waals surface area contributed by atoms with E-state index in [0.29, 0.717) is 28.3 Å². The summed E-state index contributed by atoms with van der Waals surface area (Å²) in [5.74, 6) is 2.12. The van der Waals surface area contributed by atoms with Crippen LogP contribution in [0.5, 0.6) is 5.75 Å². The minimum Gasteiger partial charge on any atom is -0.476 e. The Labute approximate surface area is 173 Å². The smallest absolute Gasteiger partial charge is 0.272 e. The van der Waals surface area contributed by atoms with Gasteiger partial charge < -0.3 is 14.6 Å². The van der Waals surface area contributed by atoms with Gasteiger partial charge in [-0.15, -0.1) is 0 Å². The third-order valence-electron chi connectivity index (χ3n) is 4.35. The van der Waals surface area contributed by atoms with Gasteiger partial charge in [-0.2, -0.15) is 4.98 Å². The van der Waals surface area contributed by atoms with Crippen LogP contribution in [0.15, 0.2) is 71.4 Å². The first kappa shape index (κ1) is 19.0. The summed E-state index contributed by atoms with van der Waals surface area (Å²) in [6.07, 6.45) is 1.10. The predicted octanol–water partition coefficient (Wildman–Crippen LogP) is 5.30. The van der Waals surface area contributed by atoms with Gasteiger partial charge in [-0.3, -0.25) is 0 Å². The van der Waals surface area contributed by atoms with Gasteiger partial charge in [0.1, 0.15) is 11.6 Å². The van der Waals surface area contributed by atoms with E-state index in [4.69, 9.17) is 20.9 Å². The minimum absolute atomic E-state index is 0.328.